The second-order valence-electron chi connectivity index (χ2n) is 5.29. The Morgan fingerprint density at radius 1 is 1.00 bits per heavy atom. The van der Waals surface area contributed by atoms with Crippen LogP contribution in [-0.4, -0.2) is 0 Å². The molecule has 1 radical (unpaired) electrons. The van der Waals surface area contributed by atoms with E-state index in [1.807, 2.05) is 6.07 Å². The molecule has 0 aliphatic rings. The predicted molar refractivity (Wildman–Crippen MR) is 93.7 cm³/mol. The van der Waals surface area contributed by atoms with Crippen molar-refractivity contribution in [1.82, 2.24) is 0 Å². The van der Waals surface area contributed by atoms with Gasteiger partial charge in [0.05, 0.1) is 0 Å². The van der Waals surface area contributed by atoms with E-state index in [-0.39, 0.29) is 0 Å². The van der Waals surface area contributed by atoms with Crippen LogP contribution in [0.1, 0.15) is 30.9 Å². The number of hydrogen-bond donors (Lipinski definition) is 0. The van der Waals surface area contributed by atoms with E-state index in [9.17, 15) is 0 Å². The van der Waals surface area contributed by atoms with E-state index in [4.69, 9.17) is 0 Å². The maximum Gasteiger partial charge on any atom is -0.00442 e. The summed E-state index contributed by atoms with van der Waals surface area (Å²) >= 11 is 0. The highest BCUT2D eigenvalue weighted by Crippen LogP contribution is 2.20. The van der Waals surface area contributed by atoms with Gasteiger partial charge in [0.15, 0.2) is 0 Å². The van der Waals surface area contributed by atoms with E-state index in [0.29, 0.717) is 5.92 Å². The van der Waals surface area contributed by atoms with Crippen LogP contribution < -0.4 is 0 Å². The van der Waals surface area contributed by atoms with Crippen LogP contribution in [0.2, 0.25) is 0 Å². The van der Waals surface area contributed by atoms with Crippen molar-refractivity contribution in [2.45, 2.75) is 19.8 Å². The fraction of sp³-hybridized carbons (Fsp3) is 0.190. The number of benzene rings is 2. The van der Waals surface area contributed by atoms with Crippen molar-refractivity contribution in [1.29, 1.82) is 0 Å². The third kappa shape index (κ3) is 5.07. The monoisotopic (exact) mass is 275 g/mol. The molecule has 0 aromatic heterocycles. The summed E-state index contributed by atoms with van der Waals surface area (Å²) in [5, 5.41) is 0. The number of hydrogen-bond acceptors (Lipinski definition) is 0. The molecule has 0 spiro atoms. The minimum Gasteiger partial charge on any atom is -0.0770 e. The summed E-state index contributed by atoms with van der Waals surface area (Å²) in [6.45, 7) is 6.18. The summed E-state index contributed by atoms with van der Waals surface area (Å²) in [5.41, 5.74) is 3.86. The molecule has 2 aromatic carbocycles. The van der Waals surface area contributed by atoms with Crippen LogP contribution in [0.5, 0.6) is 0 Å². The Bertz CT molecular complexity index is 576. The van der Waals surface area contributed by atoms with Gasteiger partial charge in [-0.05, 0) is 36.0 Å². The molecule has 0 heteroatoms. The Labute approximate surface area is 128 Å². The summed E-state index contributed by atoms with van der Waals surface area (Å²) in [6.07, 6.45) is 8.86. The molecule has 1 atom stereocenters. The summed E-state index contributed by atoms with van der Waals surface area (Å²) < 4.78 is 0. The molecule has 0 N–H and O–H groups in total. The van der Waals surface area contributed by atoms with E-state index in [0.717, 1.165) is 12.8 Å². The lowest BCUT2D eigenvalue weighted by Crippen LogP contribution is -1.93. The smallest absolute Gasteiger partial charge is 0.00442 e. The third-order valence-electron chi connectivity index (χ3n) is 3.57. The first-order chi connectivity index (χ1) is 10.3. The topological polar surface area (TPSA) is 0 Å². The van der Waals surface area contributed by atoms with Gasteiger partial charge in [-0.1, -0.05) is 92.2 Å². The van der Waals surface area contributed by atoms with Gasteiger partial charge < -0.3 is 0 Å². The van der Waals surface area contributed by atoms with Gasteiger partial charge in [-0.25, -0.2) is 0 Å². The fourth-order valence-corrected chi connectivity index (χ4v) is 2.39. The fourth-order valence-electron chi connectivity index (χ4n) is 2.39. The minimum absolute atomic E-state index is 0.433. The Morgan fingerprint density at radius 2 is 1.62 bits per heavy atom. The summed E-state index contributed by atoms with van der Waals surface area (Å²) in [6, 6.07) is 21.0. The molecule has 0 fully saturated rings. The SMILES string of the molecule is [CH2]CCC(C=Cc1ccccc1)C=C(C)c1ccccc1. The molecule has 0 saturated carbocycles. The molecule has 0 nitrogen and oxygen atoms in total. The lowest BCUT2D eigenvalue weighted by molar-refractivity contribution is 0.723. The van der Waals surface area contributed by atoms with Crippen molar-refractivity contribution in [2.75, 3.05) is 0 Å². The molecular formula is C21H23. The van der Waals surface area contributed by atoms with Gasteiger partial charge in [-0.2, -0.15) is 0 Å². The Balaban J connectivity index is 2.14. The van der Waals surface area contributed by atoms with E-state index >= 15 is 0 Å². The van der Waals surface area contributed by atoms with Crippen LogP contribution in [-0.2, 0) is 0 Å². The molecule has 0 bridgehead atoms. The first kappa shape index (κ1) is 15.3. The third-order valence-corrected chi connectivity index (χ3v) is 3.57. The van der Waals surface area contributed by atoms with Crippen molar-refractivity contribution in [3.8, 4) is 0 Å². The Kier molecular flexibility index (Phi) is 6.02. The molecule has 0 aliphatic carbocycles. The molecule has 0 heterocycles. The van der Waals surface area contributed by atoms with Gasteiger partial charge in [0.1, 0.15) is 0 Å². The molecule has 0 aliphatic heterocycles. The van der Waals surface area contributed by atoms with Crippen LogP contribution in [0.3, 0.4) is 0 Å². The van der Waals surface area contributed by atoms with Crippen LogP contribution in [0.15, 0.2) is 72.8 Å². The van der Waals surface area contributed by atoms with E-state index in [1.54, 1.807) is 0 Å². The van der Waals surface area contributed by atoms with Crippen LogP contribution >= 0.6 is 0 Å². The standard InChI is InChI=1S/C21H23/c1-3-10-20(16-15-19-11-6-4-7-12-19)17-18(2)21-13-8-5-9-14-21/h4-9,11-17,20H,1,3,10H2,2H3. The lowest BCUT2D eigenvalue weighted by Gasteiger charge is -2.09. The van der Waals surface area contributed by atoms with E-state index in [2.05, 4.69) is 86.7 Å². The second kappa shape index (κ2) is 8.26. The lowest BCUT2D eigenvalue weighted by atomic mass is 9.96. The molecule has 0 amide bonds. The van der Waals surface area contributed by atoms with E-state index in [1.165, 1.54) is 16.7 Å². The van der Waals surface area contributed by atoms with Gasteiger partial charge in [-0.3, -0.25) is 0 Å². The predicted octanol–water partition coefficient (Wildman–Crippen LogP) is 6.03. The molecule has 21 heavy (non-hydrogen) atoms. The molecule has 0 saturated heterocycles. The number of rotatable bonds is 6. The van der Waals surface area contributed by atoms with Crippen molar-refractivity contribution < 1.29 is 0 Å². The van der Waals surface area contributed by atoms with Crippen LogP contribution in [0.4, 0.5) is 0 Å². The quantitative estimate of drug-likeness (QED) is 0.603. The maximum absolute atomic E-state index is 4.00. The normalized spacial score (nSPS) is 13.5. The average molecular weight is 275 g/mol. The largest absolute Gasteiger partial charge is 0.0770 e. The highest BCUT2D eigenvalue weighted by atomic mass is 14.1. The highest BCUT2D eigenvalue weighted by Gasteiger charge is 2.02. The van der Waals surface area contributed by atoms with Gasteiger partial charge >= 0.3 is 0 Å². The number of allylic oxidation sites excluding steroid dienone is 3. The first-order valence-electron chi connectivity index (χ1n) is 7.56. The average Bonchev–Trinajstić information content (AvgIpc) is 2.54. The van der Waals surface area contributed by atoms with Crippen molar-refractivity contribution in [3.05, 3.63) is 90.9 Å². The molecule has 2 aromatic rings. The van der Waals surface area contributed by atoms with Crippen molar-refractivity contribution >= 4 is 11.6 Å². The summed E-state index contributed by atoms with van der Waals surface area (Å²) in [4.78, 5) is 0. The Hall–Kier alpha value is -2.08. The van der Waals surface area contributed by atoms with Gasteiger partial charge in [0.2, 0.25) is 0 Å². The second-order valence-corrected chi connectivity index (χ2v) is 5.29. The Morgan fingerprint density at radius 3 is 2.24 bits per heavy atom. The van der Waals surface area contributed by atoms with Gasteiger partial charge in [0, 0.05) is 0 Å². The van der Waals surface area contributed by atoms with Crippen LogP contribution in [0.25, 0.3) is 11.6 Å². The van der Waals surface area contributed by atoms with Gasteiger partial charge in [-0.15, -0.1) is 0 Å². The summed E-state index contributed by atoms with van der Waals surface area (Å²) in [5.74, 6) is 0.433. The maximum atomic E-state index is 4.00. The summed E-state index contributed by atoms with van der Waals surface area (Å²) in [7, 11) is 0. The molecule has 1 unspecified atom stereocenters. The minimum atomic E-state index is 0.433. The molecule has 2 rings (SSSR count). The first-order valence-corrected chi connectivity index (χ1v) is 7.56. The zero-order valence-corrected chi connectivity index (χ0v) is 12.7. The van der Waals surface area contributed by atoms with Crippen LogP contribution in [0, 0.1) is 12.8 Å². The molecule has 107 valence electrons. The molecular weight excluding hydrogens is 252 g/mol. The zero-order valence-electron chi connectivity index (χ0n) is 12.7. The van der Waals surface area contributed by atoms with Crippen molar-refractivity contribution in [2.24, 2.45) is 5.92 Å². The van der Waals surface area contributed by atoms with Crippen molar-refractivity contribution in [3.63, 3.8) is 0 Å². The van der Waals surface area contributed by atoms with Gasteiger partial charge in [0.25, 0.3) is 0 Å². The zero-order chi connectivity index (χ0) is 14.9. The van der Waals surface area contributed by atoms with E-state index < -0.39 is 0 Å². The highest BCUT2D eigenvalue weighted by molar-refractivity contribution is 5.64.